The van der Waals surface area contributed by atoms with Crippen LogP contribution in [0.2, 0.25) is 0 Å². The Hall–Kier alpha value is -4.41. The maximum atomic E-state index is 12.6. The highest BCUT2D eigenvalue weighted by atomic mass is 16.5. The van der Waals surface area contributed by atoms with Gasteiger partial charge >= 0.3 is 5.97 Å². The van der Waals surface area contributed by atoms with Crippen molar-refractivity contribution in [1.29, 1.82) is 0 Å². The third kappa shape index (κ3) is 6.34. The van der Waals surface area contributed by atoms with Gasteiger partial charge in [-0.25, -0.2) is 0 Å². The maximum absolute atomic E-state index is 12.6. The largest absolute Gasteiger partial charge is 0.493 e. The molecule has 2 aromatic rings. The molecule has 2 aromatic carbocycles. The van der Waals surface area contributed by atoms with Gasteiger partial charge in [0.1, 0.15) is 0 Å². The molecule has 0 aliphatic carbocycles. The van der Waals surface area contributed by atoms with Gasteiger partial charge in [-0.2, -0.15) is 0 Å². The van der Waals surface area contributed by atoms with Crippen molar-refractivity contribution in [1.82, 2.24) is 10.4 Å². The SMILES string of the molecule is COc1ccc(C(=O)NN2C[C@H](C(=O)OCC(=O)Nc3cccc(C(C)=O)c3)CC2=O)cc1OC. The average Bonchev–Trinajstić information content (AvgIpc) is 3.22. The van der Waals surface area contributed by atoms with Gasteiger partial charge < -0.3 is 19.5 Å². The van der Waals surface area contributed by atoms with E-state index in [1.54, 1.807) is 24.3 Å². The highest BCUT2D eigenvalue weighted by molar-refractivity contribution is 5.98. The molecule has 184 valence electrons. The van der Waals surface area contributed by atoms with Crippen LogP contribution in [0.1, 0.15) is 34.1 Å². The molecule has 0 aromatic heterocycles. The minimum Gasteiger partial charge on any atom is -0.493 e. The standard InChI is InChI=1S/C24H25N3O8/c1-14(28)15-5-4-6-18(9-15)25-21(29)13-35-24(32)17-11-22(30)27(12-17)26-23(31)16-7-8-19(33-2)20(10-16)34-3/h4-10,17H,11-13H2,1-3H3,(H,25,29)(H,26,31)/t17-/m1/s1. The minimum absolute atomic E-state index is 0.0982. The lowest BCUT2D eigenvalue weighted by Gasteiger charge is -2.18. The highest BCUT2D eigenvalue weighted by Crippen LogP contribution is 2.27. The number of Topliss-reactive ketones (excluding diaryl/α,β-unsaturated/α-hetero) is 1. The van der Waals surface area contributed by atoms with Crippen molar-refractivity contribution in [2.75, 3.05) is 32.7 Å². The number of carbonyl (C=O) groups is 5. The van der Waals surface area contributed by atoms with Crippen LogP contribution in [-0.4, -0.2) is 61.9 Å². The zero-order valence-corrected chi connectivity index (χ0v) is 19.5. The van der Waals surface area contributed by atoms with Gasteiger partial charge in [0.15, 0.2) is 23.9 Å². The number of rotatable bonds is 9. The first-order chi connectivity index (χ1) is 16.7. The summed E-state index contributed by atoms with van der Waals surface area (Å²) in [5.74, 6) is -2.58. The van der Waals surface area contributed by atoms with Crippen molar-refractivity contribution in [3.63, 3.8) is 0 Å². The third-order valence-corrected chi connectivity index (χ3v) is 5.24. The first kappa shape index (κ1) is 25.2. The highest BCUT2D eigenvalue weighted by Gasteiger charge is 2.36. The minimum atomic E-state index is -0.845. The Kier molecular flexibility index (Phi) is 8.03. The fourth-order valence-corrected chi connectivity index (χ4v) is 3.41. The zero-order chi connectivity index (χ0) is 25.5. The van der Waals surface area contributed by atoms with E-state index in [-0.39, 0.29) is 24.3 Å². The lowest BCUT2D eigenvalue weighted by molar-refractivity contribution is -0.151. The molecule has 0 radical (unpaired) electrons. The molecule has 0 spiro atoms. The molecule has 3 rings (SSSR count). The molecule has 1 atom stereocenters. The monoisotopic (exact) mass is 483 g/mol. The summed E-state index contributed by atoms with van der Waals surface area (Å²) in [7, 11) is 2.90. The summed E-state index contributed by atoms with van der Waals surface area (Å²) in [4.78, 5) is 60.8. The van der Waals surface area contributed by atoms with Gasteiger partial charge in [0, 0.05) is 23.2 Å². The van der Waals surface area contributed by atoms with Crippen molar-refractivity contribution in [3.05, 3.63) is 53.6 Å². The molecular weight excluding hydrogens is 458 g/mol. The maximum Gasteiger partial charge on any atom is 0.311 e. The van der Waals surface area contributed by atoms with Crippen LogP contribution in [0, 0.1) is 5.92 Å². The number of nitrogens with one attached hydrogen (secondary N) is 2. The molecule has 0 unspecified atom stereocenters. The number of hydrogen-bond donors (Lipinski definition) is 2. The van der Waals surface area contributed by atoms with Crippen LogP contribution in [0.25, 0.3) is 0 Å². The summed E-state index contributed by atoms with van der Waals surface area (Å²) in [5.41, 5.74) is 3.51. The van der Waals surface area contributed by atoms with Crippen LogP contribution < -0.4 is 20.2 Å². The number of nitrogens with zero attached hydrogens (tertiary/aromatic N) is 1. The third-order valence-electron chi connectivity index (χ3n) is 5.24. The smallest absolute Gasteiger partial charge is 0.311 e. The Labute approximate surface area is 201 Å². The molecule has 0 saturated carbocycles. The lowest BCUT2D eigenvalue weighted by atomic mass is 10.1. The van der Waals surface area contributed by atoms with Crippen LogP contribution in [0.3, 0.4) is 0 Å². The molecule has 1 aliphatic heterocycles. The van der Waals surface area contributed by atoms with Crippen LogP contribution in [0.5, 0.6) is 11.5 Å². The molecule has 0 bridgehead atoms. The van der Waals surface area contributed by atoms with Crippen molar-refractivity contribution < 1.29 is 38.2 Å². The van der Waals surface area contributed by atoms with Gasteiger partial charge in [0.05, 0.1) is 26.7 Å². The second kappa shape index (κ2) is 11.1. The zero-order valence-electron chi connectivity index (χ0n) is 19.5. The van der Waals surface area contributed by atoms with Crippen LogP contribution in [-0.2, 0) is 19.1 Å². The van der Waals surface area contributed by atoms with Crippen molar-refractivity contribution >= 4 is 35.2 Å². The number of ketones is 1. The first-order valence-corrected chi connectivity index (χ1v) is 10.6. The summed E-state index contributed by atoms with van der Waals surface area (Å²) in [6.07, 6.45) is -0.173. The molecular formula is C24H25N3O8. The molecule has 11 nitrogen and oxygen atoms in total. The van der Waals surface area contributed by atoms with Gasteiger partial charge in [0.25, 0.3) is 11.8 Å². The molecule has 1 heterocycles. The summed E-state index contributed by atoms with van der Waals surface area (Å²) in [6, 6.07) is 10.9. The average molecular weight is 483 g/mol. The number of hydrogen-bond acceptors (Lipinski definition) is 8. The van der Waals surface area contributed by atoms with Crippen molar-refractivity contribution in [3.8, 4) is 11.5 Å². The van der Waals surface area contributed by atoms with Gasteiger partial charge in [-0.05, 0) is 37.3 Å². The molecule has 35 heavy (non-hydrogen) atoms. The number of methoxy groups -OCH3 is 2. The van der Waals surface area contributed by atoms with E-state index in [4.69, 9.17) is 14.2 Å². The van der Waals surface area contributed by atoms with Crippen molar-refractivity contribution in [2.45, 2.75) is 13.3 Å². The lowest BCUT2D eigenvalue weighted by Crippen LogP contribution is -2.43. The predicted octanol–water partition coefficient (Wildman–Crippen LogP) is 1.58. The Morgan fingerprint density at radius 1 is 1.00 bits per heavy atom. The normalized spacial score (nSPS) is 14.8. The number of amides is 3. The number of ether oxygens (including phenoxy) is 3. The number of hydrazine groups is 1. The van der Waals surface area contributed by atoms with Gasteiger partial charge in [-0.3, -0.25) is 34.4 Å². The second-order valence-electron chi connectivity index (χ2n) is 7.71. The molecule has 2 N–H and O–H groups in total. The van der Waals surface area contributed by atoms with E-state index < -0.39 is 36.2 Å². The Morgan fingerprint density at radius 2 is 1.74 bits per heavy atom. The van der Waals surface area contributed by atoms with E-state index in [0.29, 0.717) is 22.7 Å². The number of esters is 1. The Morgan fingerprint density at radius 3 is 2.43 bits per heavy atom. The van der Waals surface area contributed by atoms with Gasteiger partial charge in [-0.15, -0.1) is 0 Å². The number of anilines is 1. The number of carbonyl (C=O) groups excluding carboxylic acids is 5. The Bertz CT molecular complexity index is 1160. The van der Waals surface area contributed by atoms with E-state index in [1.807, 2.05) is 0 Å². The second-order valence-corrected chi connectivity index (χ2v) is 7.71. The predicted molar refractivity (Wildman–Crippen MR) is 123 cm³/mol. The molecule has 1 aliphatic rings. The van der Waals surface area contributed by atoms with E-state index in [1.165, 1.54) is 39.3 Å². The fraction of sp³-hybridized carbons (Fsp3) is 0.292. The molecule has 1 saturated heterocycles. The topological polar surface area (TPSA) is 140 Å². The van der Waals surface area contributed by atoms with Crippen LogP contribution >= 0.6 is 0 Å². The molecule has 1 fully saturated rings. The van der Waals surface area contributed by atoms with Gasteiger partial charge in [-0.1, -0.05) is 12.1 Å². The summed E-state index contributed by atoms with van der Waals surface area (Å²) >= 11 is 0. The Balaban J connectivity index is 1.51. The molecule has 11 heteroatoms. The summed E-state index contributed by atoms with van der Waals surface area (Å²) in [6.45, 7) is 0.746. The first-order valence-electron chi connectivity index (χ1n) is 10.6. The van der Waals surface area contributed by atoms with Crippen LogP contribution in [0.4, 0.5) is 5.69 Å². The van der Waals surface area contributed by atoms with E-state index in [0.717, 1.165) is 5.01 Å². The fourth-order valence-electron chi connectivity index (χ4n) is 3.41. The van der Waals surface area contributed by atoms with E-state index in [2.05, 4.69) is 10.7 Å². The van der Waals surface area contributed by atoms with Crippen LogP contribution in [0.15, 0.2) is 42.5 Å². The van der Waals surface area contributed by atoms with Gasteiger partial charge in [0.2, 0.25) is 5.91 Å². The van der Waals surface area contributed by atoms with E-state index >= 15 is 0 Å². The number of benzene rings is 2. The molecule has 3 amide bonds. The quantitative estimate of drug-likeness (QED) is 0.405. The summed E-state index contributed by atoms with van der Waals surface area (Å²) in [5, 5.41) is 3.58. The van der Waals surface area contributed by atoms with E-state index in [9.17, 15) is 24.0 Å². The summed E-state index contributed by atoms with van der Waals surface area (Å²) < 4.78 is 15.3. The van der Waals surface area contributed by atoms with Crippen molar-refractivity contribution in [2.24, 2.45) is 5.92 Å².